The van der Waals surface area contributed by atoms with E-state index in [1.165, 1.54) is 5.56 Å². The zero-order valence-corrected chi connectivity index (χ0v) is 13.8. The van der Waals surface area contributed by atoms with Crippen molar-refractivity contribution in [3.05, 3.63) is 95.6 Å². The molecule has 3 aromatic rings. The number of hydrogen-bond donors (Lipinski definition) is 3. The number of anilines is 2. The monoisotopic (exact) mass is 332 g/mol. The van der Waals surface area contributed by atoms with E-state index in [-0.39, 0.29) is 5.56 Å². The summed E-state index contributed by atoms with van der Waals surface area (Å²) in [7, 11) is 0. The molecule has 0 heterocycles. The molecule has 0 saturated heterocycles. The summed E-state index contributed by atoms with van der Waals surface area (Å²) in [6.07, 6.45) is 0. The van der Waals surface area contributed by atoms with Crippen LogP contribution in [0.15, 0.2) is 78.9 Å². The molecule has 0 aliphatic heterocycles. The summed E-state index contributed by atoms with van der Waals surface area (Å²) >= 11 is 0. The van der Waals surface area contributed by atoms with Gasteiger partial charge in [-0.15, -0.1) is 0 Å². The minimum absolute atomic E-state index is 0.289. The maximum atomic E-state index is 10.9. The van der Waals surface area contributed by atoms with Crippen molar-refractivity contribution < 1.29 is 9.90 Å². The van der Waals surface area contributed by atoms with Gasteiger partial charge in [-0.1, -0.05) is 42.5 Å². The van der Waals surface area contributed by atoms with E-state index in [0.29, 0.717) is 6.54 Å². The van der Waals surface area contributed by atoms with Crippen LogP contribution in [-0.4, -0.2) is 11.1 Å². The minimum atomic E-state index is -0.913. The van der Waals surface area contributed by atoms with Crippen molar-refractivity contribution in [2.24, 2.45) is 0 Å². The van der Waals surface area contributed by atoms with Crippen molar-refractivity contribution in [3.63, 3.8) is 0 Å². The maximum absolute atomic E-state index is 10.9. The molecule has 0 bridgehead atoms. The van der Waals surface area contributed by atoms with Crippen LogP contribution in [0.5, 0.6) is 0 Å². The van der Waals surface area contributed by atoms with Gasteiger partial charge in [0.15, 0.2) is 0 Å². The Hall–Kier alpha value is -3.27. The first-order chi connectivity index (χ1) is 12.2. The van der Waals surface area contributed by atoms with Crippen LogP contribution in [0.3, 0.4) is 0 Å². The van der Waals surface area contributed by atoms with E-state index in [4.69, 9.17) is 5.11 Å². The zero-order chi connectivity index (χ0) is 17.5. The minimum Gasteiger partial charge on any atom is -0.478 e. The second kappa shape index (κ2) is 8.02. The molecule has 0 aliphatic rings. The van der Waals surface area contributed by atoms with Gasteiger partial charge in [0.25, 0.3) is 0 Å². The van der Waals surface area contributed by atoms with Gasteiger partial charge in [-0.2, -0.15) is 0 Å². The third kappa shape index (κ3) is 4.85. The first-order valence-corrected chi connectivity index (χ1v) is 8.15. The average molecular weight is 332 g/mol. The van der Waals surface area contributed by atoms with Crippen molar-refractivity contribution in [2.75, 3.05) is 10.6 Å². The van der Waals surface area contributed by atoms with Gasteiger partial charge >= 0.3 is 5.97 Å². The maximum Gasteiger partial charge on any atom is 0.335 e. The molecule has 0 spiro atoms. The fourth-order valence-electron chi connectivity index (χ4n) is 2.53. The lowest BCUT2D eigenvalue weighted by molar-refractivity contribution is 0.0697. The predicted octanol–water partition coefficient (Wildman–Crippen LogP) is 4.61. The van der Waals surface area contributed by atoms with E-state index in [1.54, 1.807) is 24.3 Å². The van der Waals surface area contributed by atoms with Gasteiger partial charge in [0, 0.05) is 24.5 Å². The van der Waals surface area contributed by atoms with E-state index in [1.807, 2.05) is 30.3 Å². The summed E-state index contributed by atoms with van der Waals surface area (Å²) < 4.78 is 0. The fraction of sp³-hybridized carbons (Fsp3) is 0.0952. The van der Waals surface area contributed by atoms with Crippen molar-refractivity contribution >= 4 is 17.3 Å². The molecule has 3 rings (SSSR count). The molecule has 0 aromatic heterocycles. The number of benzene rings is 3. The summed E-state index contributed by atoms with van der Waals surface area (Å²) in [4.78, 5) is 10.9. The Bertz CT molecular complexity index is 830. The Labute approximate surface area is 147 Å². The molecular formula is C21H20N2O2. The molecule has 0 atom stereocenters. The topological polar surface area (TPSA) is 61.4 Å². The highest BCUT2D eigenvalue weighted by atomic mass is 16.4. The summed E-state index contributed by atoms with van der Waals surface area (Å²) in [5, 5.41) is 15.7. The van der Waals surface area contributed by atoms with E-state index in [2.05, 4.69) is 34.9 Å². The third-order valence-corrected chi connectivity index (χ3v) is 3.89. The molecule has 0 amide bonds. The molecule has 0 unspecified atom stereocenters. The number of aromatic carboxylic acids is 1. The van der Waals surface area contributed by atoms with E-state index in [0.717, 1.165) is 23.5 Å². The number of carboxylic acids is 1. The second-order valence-electron chi connectivity index (χ2n) is 5.78. The molecule has 3 aromatic carbocycles. The van der Waals surface area contributed by atoms with Crippen LogP contribution < -0.4 is 10.6 Å². The quantitative estimate of drug-likeness (QED) is 0.591. The lowest BCUT2D eigenvalue weighted by atomic mass is 10.1. The summed E-state index contributed by atoms with van der Waals surface area (Å²) in [5.74, 6) is -0.913. The Balaban J connectivity index is 1.57. The molecule has 3 N–H and O–H groups in total. The molecule has 126 valence electrons. The highest BCUT2D eigenvalue weighted by molar-refractivity contribution is 5.87. The number of rotatable bonds is 7. The van der Waals surface area contributed by atoms with Gasteiger partial charge in [-0.05, 0) is 47.5 Å². The van der Waals surface area contributed by atoms with Crippen molar-refractivity contribution in [1.29, 1.82) is 0 Å². The van der Waals surface area contributed by atoms with Gasteiger partial charge in [0.05, 0.1) is 5.56 Å². The predicted molar refractivity (Wildman–Crippen MR) is 101 cm³/mol. The highest BCUT2D eigenvalue weighted by Gasteiger charge is 2.02. The van der Waals surface area contributed by atoms with Gasteiger partial charge in [-0.3, -0.25) is 0 Å². The molecule has 0 radical (unpaired) electrons. The Kier molecular flexibility index (Phi) is 5.32. The van der Waals surface area contributed by atoms with Crippen molar-refractivity contribution in [1.82, 2.24) is 0 Å². The van der Waals surface area contributed by atoms with Crippen LogP contribution in [0.4, 0.5) is 11.4 Å². The molecular weight excluding hydrogens is 312 g/mol. The first-order valence-electron chi connectivity index (χ1n) is 8.15. The largest absolute Gasteiger partial charge is 0.478 e. The molecule has 0 aliphatic carbocycles. The zero-order valence-electron chi connectivity index (χ0n) is 13.8. The highest BCUT2D eigenvalue weighted by Crippen LogP contribution is 2.15. The Morgan fingerprint density at radius 3 is 2.08 bits per heavy atom. The van der Waals surface area contributed by atoms with Crippen LogP contribution in [-0.2, 0) is 13.1 Å². The molecule has 0 saturated carbocycles. The molecule has 0 fully saturated rings. The fourth-order valence-corrected chi connectivity index (χ4v) is 2.53. The first kappa shape index (κ1) is 16.6. The van der Waals surface area contributed by atoms with Crippen LogP contribution >= 0.6 is 0 Å². The average Bonchev–Trinajstić information content (AvgIpc) is 2.66. The van der Waals surface area contributed by atoms with Gasteiger partial charge in [-0.25, -0.2) is 4.79 Å². The van der Waals surface area contributed by atoms with Gasteiger partial charge < -0.3 is 15.7 Å². The molecule has 4 nitrogen and oxygen atoms in total. The van der Waals surface area contributed by atoms with Crippen LogP contribution in [0, 0.1) is 0 Å². The molecule has 4 heteroatoms. The number of nitrogens with one attached hydrogen (secondary N) is 2. The van der Waals surface area contributed by atoms with Crippen LogP contribution in [0.1, 0.15) is 21.5 Å². The van der Waals surface area contributed by atoms with Gasteiger partial charge in [0.2, 0.25) is 0 Å². The number of carbonyl (C=O) groups is 1. The second-order valence-corrected chi connectivity index (χ2v) is 5.78. The summed E-state index contributed by atoms with van der Waals surface area (Å²) in [5.41, 5.74) is 4.65. The Morgan fingerprint density at radius 1 is 0.720 bits per heavy atom. The normalized spacial score (nSPS) is 10.2. The van der Waals surface area contributed by atoms with E-state index in [9.17, 15) is 4.79 Å². The number of hydrogen-bond acceptors (Lipinski definition) is 3. The smallest absolute Gasteiger partial charge is 0.335 e. The van der Waals surface area contributed by atoms with Crippen molar-refractivity contribution in [3.8, 4) is 0 Å². The van der Waals surface area contributed by atoms with Crippen LogP contribution in [0.25, 0.3) is 0 Å². The van der Waals surface area contributed by atoms with E-state index < -0.39 is 5.97 Å². The van der Waals surface area contributed by atoms with Gasteiger partial charge in [0.1, 0.15) is 0 Å². The standard InChI is InChI=1S/C21H20N2O2/c24-21(25)18-9-11-19(12-10-18)22-15-17-7-4-8-20(13-17)23-14-16-5-2-1-3-6-16/h1-13,22-23H,14-15H2,(H,24,25). The number of carboxylic acid groups (broad SMARTS) is 1. The lowest BCUT2D eigenvalue weighted by Gasteiger charge is -2.10. The lowest BCUT2D eigenvalue weighted by Crippen LogP contribution is -2.03. The Morgan fingerprint density at radius 2 is 1.36 bits per heavy atom. The summed E-state index contributed by atoms with van der Waals surface area (Å²) in [6.45, 7) is 1.46. The third-order valence-electron chi connectivity index (χ3n) is 3.89. The van der Waals surface area contributed by atoms with Crippen molar-refractivity contribution in [2.45, 2.75) is 13.1 Å². The van der Waals surface area contributed by atoms with E-state index >= 15 is 0 Å². The summed E-state index contributed by atoms with van der Waals surface area (Å²) in [6, 6.07) is 25.3. The SMILES string of the molecule is O=C(O)c1ccc(NCc2cccc(NCc3ccccc3)c2)cc1. The molecule has 25 heavy (non-hydrogen) atoms. The van der Waals surface area contributed by atoms with Crippen LogP contribution in [0.2, 0.25) is 0 Å².